The summed E-state index contributed by atoms with van der Waals surface area (Å²) >= 11 is 0.745. The van der Waals surface area contributed by atoms with Crippen LogP contribution >= 0.6 is 11.3 Å². The Morgan fingerprint density at radius 3 is 2.31 bits per heavy atom. The van der Waals surface area contributed by atoms with E-state index >= 15 is 0 Å². The highest BCUT2D eigenvalue weighted by atomic mass is 32.1. The van der Waals surface area contributed by atoms with Gasteiger partial charge in [0.15, 0.2) is 0 Å². The highest BCUT2D eigenvalue weighted by Gasteiger charge is 2.31. The van der Waals surface area contributed by atoms with Crippen molar-refractivity contribution in [1.29, 1.82) is 0 Å². The normalized spacial score (nSPS) is 14.9. The lowest BCUT2D eigenvalue weighted by molar-refractivity contribution is -0.138. The predicted molar refractivity (Wildman–Crippen MR) is 122 cm³/mol. The van der Waals surface area contributed by atoms with Crippen LogP contribution in [0.1, 0.15) is 47.3 Å². The van der Waals surface area contributed by atoms with Crippen molar-refractivity contribution >= 4 is 33.4 Å². The van der Waals surface area contributed by atoms with Crippen molar-refractivity contribution in [2.45, 2.75) is 58.3 Å². The smallest absolute Gasteiger partial charge is 0.390 e. The second-order valence-corrected chi connectivity index (χ2v) is 9.61. The fraction of sp³-hybridized carbons (Fsp3) is 0.545. The Hall–Kier alpha value is -3.03. The molecule has 3 heterocycles. The number of aryl methyl sites for hydroxylation is 2. The number of aromatic nitrogens is 2. The van der Waals surface area contributed by atoms with Gasteiger partial charge in [0.05, 0.1) is 16.7 Å². The molecule has 3 rings (SSSR count). The number of hydrogen-bond acceptors (Lipinski definition) is 5. The summed E-state index contributed by atoms with van der Waals surface area (Å²) in [6.07, 6.45) is -6.96. The molecule has 1 aliphatic heterocycles. The van der Waals surface area contributed by atoms with Crippen LogP contribution in [0.5, 0.6) is 0 Å². The lowest BCUT2D eigenvalue weighted by Gasteiger charge is -2.31. The van der Waals surface area contributed by atoms with E-state index in [9.17, 15) is 41.1 Å². The zero-order valence-corrected chi connectivity index (χ0v) is 20.1. The molecule has 8 nitrogen and oxygen atoms in total. The second-order valence-electron chi connectivity index (χ2n) is 8.61. The van der Waals surface area contributed by atoms with Crippen molar-refractivity contribution in [2.75, 3.05) is 13.1 Å². The molecular formula is C22H24F5N3O5S. The number of likely N-dealkylation sites (tertiary alicyclic amines) is 1. The van der Waals surface area contributed by atoms with Crippen molar-refractivity contribution in [1.82, 2.24) is 14.0 Å². The largest absolute Gasteiger partial charge is 0.481 e. The van der Waals surface area contributed by atoms with Gasteiger partial charge in [0, 0.05) is 32.6 Å². The van der Waals surface area contributed by atoms with E-state index in [1.807, 2.05) is 0 Å². The van der Waals surface area contributed by atoms with Crippen LogP contribution in [0.15, 0.2) is 21.7 Å². The van der Waals surface area contributed by atoms with Crippen molar-refractivity contribution in [2.24, 2.45) is 5.92 Å². The molecule has 1 N–H and O–H groups in total. The number of rotatable bonds is 8. The summed E-state index contributed by atoms with van der Waals surface area (Å²) in [5.74, 6) is -1.48. The highest BCUT2D eigenvalue weighted by Crippen LogP contribution is 2.31. The number of carboxylic acids is 1. The summed E-state index contributed by atoms with van der Waals surface area (Å²) in [5, 5.41) is 8.86. The Balaban J connectivity index is 2.04. The lowest BCUT2D eigenvalue weighted by atomic mass is 9.93. The fourth-order valence-corrected chi connectivity index (χ4v) is 5.55. The van der Waals surface area contributed by atoms with Gasteiger partial charge in [0.2, 0.25) is 0 Å². The van der Waals surface area contributed by atoms with Gasteiger partial charge in [-0.15, -0.1) is 11.3 Å². The van der Waals surface area contributed by atoms with E-state index in [1.54, 1.807) is 0 Å². The zero-order valence-electron chi connectivity index (χ0n) is 19.2. The van der Waals surface area contributed by atoms with E-state index in [1.165, 1.54) is 11.8 Å². The molecule has 2 aromatic heterocycles. The van der Waals surface area contributed by atoms with Gasteiger partial charge in [-0.05, 0) is 43.7 Å². The monoisotopic (exact) mass is 537 g/mol. The second kappa shape index (κ2) is 10.9. The minimum atomic E-state index is -4.60. The van der Waals surface area contributed by atoms with Crippen LogP contribution in [-0.2, 0) is 17.9 Å². The third-order valence-corrected chi connectivity index (χ3v) is 7.43. The van der Waals surface area contributed by atoms with Gasteiger partial charge in [0.25, 0.3) is 17.5 Å². The van der Waals surface area contributed by atoms with Gasteiger partial charge in [-0.25, -0.2) is 4.79 Å². The Kier molecular flexibility index (Phi) is 8.37. The molecule has 198 valence electrons. The number of nitrogens with zero attached hydrogens (tertiary/aromatic N) is 3. The molecule has 0 bridgehead atoms. The molecule has 0 aromatic carbocycles. The van der Waals surface area contributed by atoms with Crippen LogP contribution in [0.25, 0.3) is 10.2 Å². The van der Waals surface area contributed by atoms with Gasteiger partial charge in [-0.1, -0.05) is 0 Å². The summed E-state index contributed by atoms with van der Waals surface area (Å²) in [6, 6.07) is 0. The molecule has 1 fully saturated rings. The van der Waals surface area contributed by atoms with Crippen molar-refractivity contribution in [3.05, 3.63) is 43.4 Å². The number of piperidine rings is 1. The van der Waals surface area contributed by atoms with E-state index in [2.05, 4.69) is 0 Å². The molecule has 14 heteroatoms. The average Bonchev–Trinajstić information content (AvgIpc) is 3.11. The maximum Gasteiger partial charge on any atom is 0.390 e. The Labute approximate surface area is 205 Å². The lowest BCUT2D eigenvalue weighted by Crippen LogP contribution is -2.40. The molecule has 1 amide bonds. The molecule has 2 aromatic rings. The SMILES string of the molecule is Cc1c(C(=O)N2CCC(CC(=O)O)CC2)sc2c1c(=O)n(CCC=C(F)F)c(=O)n2CCC(F)(F)F. The number of alkyl halides is 3. The van der Waals surface area contributed by atoms with Crippen molar-refractivity contribution in [3.63, 3.8) is 0 Å². The first-order chi connectivity index (χ1) is 16.8. The first-order valence-corrected chi connectivity index (χ1v) is 12.0. The predicted octanol–water partition coefficient (Wildman–Crippen LogP) is 3.98. The number of carbonyl (C=O) groups excluding carboxylic acids is 1. The minimum absolute atomic E-state index is 0.0174. The summed E-state index contributed by atoms with van der Waals surface area (Å²) in [7, 11) is 0. The molecule has 0 radical (unpaired) electrons. The Morgan fingerprint density at radius 2 is 1.75 bits per heavy atom. The first kappa shape index (κ1) is 27.6. The molecule has 0 spiro atoms. The van der Waals surface area contributed by atoms with Crippen LogP contribution in [0.4, 0.5) is 22.0 Å². The van der Waals surface area contributed by atoms with Gasteiger partial charge in [0.1, 0.15) is 4.83 Å². The standard InChI is InChI=1S/C22H24F5N3O5S/c1-12-16-18(33)29(7-2-3-14(23)24)21(35)30(10-6-22(25,26)27)20(16)36-17(12)19(34)28-8-4-13(5-9-28)11-15(31)32/h3,13H,2,4-11H2,1H3,(H,31,32). The van der Waals surface area contributed by atoms with Crippen LogP contribution < -0.4 is 11.2 Å². The van der Waals surface area contributed by atoms with Crippen molar-refractivity contribution < 1.29 is 36.6 Å². The number of aliphatic carboxylic acids is 1. The molecular weight excluding hydrogens is 513 g/mol. The number of thiophene rings is 1. The Morgan fingerprint density at radius 1 is 1.11 bits per heavy atom. The number of amides is 1. The third kappa shape index (κ3) is 6.20. The number of halogens is 5. The van der Waals surface area contributed by atoms with Gasteiger partial charge < -0.3 is 10.0 Å². The van der Waals surface area contributed by atoms with Crippen molar-refractivity contribution in [3.8, 4) is 0 Å². The topological polar surface area (TPSA) is 102 Å². The van der Waals surface area contributed by atoms with Crippen LogP contribution in [-0.4, -0.2) is 50.3 Å². The maximum absolute atomic E-state index is 13.2. The Bertz CT molecular complexity index is 1300. The van der Waals surface area contributed by atoms with E-state index < -0.39 is 54.9 Å². The molecule has 36 heavy (non-hydrogen) atoms. The van der Waals surface area contributed by atoms with Crippen LogP contribution in [0.3, 0.4) is 0 Å². The molecule has 1 aliphatic rings. The van der Waals surface area contributed by atoms with Gasteiger partial charge >= 0.3 is 17.8 Å². The van der Waals surface area contributed by atoms with E-state index in [0.717, 1.165) is 15.9 Å². The molecule has 0 unspecified atom stereocenters. The fourth-order valence-electron chi connectivity index (χ4n) is 4.27. The van der Waals surface area contributed by atoms with E-state index in [4.69, 9.17) is 5.11 Å². The number of fused-ring (bicyclic) bond motifs is 1. The third-order valence-electron chi connectivity index (χ3n) is 6.12. The van der Waals surface area contributed by atoms with E-state index in [0.29, 0.717) is 23.5 Å². The highest BCUT2D eigenvalue weighted by molar-refractivity contribution is 7.20. The number of carboxylic acid groups (broad SMARTS) is 1. The first-order valence-electron chi connectivity index (χ1n) is 11.2. The summed E-state index contributed by atoms with van der Waals surface area (Å²) in [6.45, 7) is 0.731. The number of carbonyl (C=O) groups is 2. The van der Waals surface area contributed by atoms with Crippen LogP contribution in [0, 0.1) is 12.8 Å². The quantitative estimate of drug-likeness (QED) is 0.514. The summed E-state index contributed by atoms with van der Waals surface area (Å²) in [5.41, 5.74) is -1.74. The maximum atomic E-state index is 13.2. The summed E-state index contributed by atoms with van der Waals surface area (Å²) < 4.78 is 65.1. The van der Waals surface area contributed by atoms with Gasteiger partial charge in [-0.3, -0.25) is 23.5 Å². The zero-order chi connectivity index (χ0) is 26.8. The average molecular weight is 538 g/mol. The molecule has 0 saturated carbocycles. The van der Waals surface area contributed by atoms with E-state index in [-0.39, 0.29) is 52.5 Å². The molecule has 0 atom stereocenters. The summed E-state index contributed by atoms with van der Waals surface area (Å²) in [4.78, 5) is 51.7. The van der Waals surface area contributed by atoms with Crippen LogP contribution in [0.2, 0.25) is 0 Å². The number of hydrogen-bond donors (Lipinski definition) is 1. The number of allylic oxidation sites excluding steroid dienone is 1. The molecule has 0 aliphatic carbocycles. The molecule has 1 saturated heterocycles. The minimum Gasteiger partial charge on any atom is -0.481 e. The van der Waals surface area contributed by atoms with Gasteiger partial charge in [-0.2, -0.15) is 22.0 Å².